The van der Waals surface area contributed by atoms with Gasteiger partial charge in [-0.25, -0.2) is 0 Å². The van der Waals surface area contributed by atoms with Crippen molar-refractivity contribution in [3.63, 3.8) is 0 Å². The Labute approximate surface area is 118 Å². The molecule has 0 aliphatic heterocycles. The minimum absolute atomic E-state index is 0.315. The Bertz CT molecular complexity index is 413. The third kappa shape index (κ3) is 3.32. The molecule has 0 saturated heterocycles. The summed E-state index contributed by atoms with van der Waals surface area (Å²) in [7, 11) is 1.46. The first-order valence-electron chi connectivity index (χ1n) is 4.26. The first kappa shape index (κ1) is 14.2. The van der Waals surface area contributed by atoms with Crippen LogP contribution in [0, 0.1) is 0 Å². The van der Waals surface area contributed by atoms with Gasteiger partial charge in [-0.2, -0.15) is 0 Å². The van der Waals surface area contributed by atoms with Crippen molar-refractivity contribution in [1.29, 1.82) is 0 Å². The van der Waals surface area contributed by atoms with Crippen LogP contribution in [-0.2, 0) is 0 Å². The van der Waals surface area contributed by atoms with Crippen LogP contribution in [0.2, 0.25) is 0 Å². The number of halogens is 3. The van der Waals surface area contributed by atoms with Crippen molar-refractivity contribution in [3.05, 3.63) is 33.4 Å². The zero-order valence-electron chi connectivity index (χ0n) is 8.35. The molecule has 0 amide bonds. The van der Waals surface area contributed by atoms with E-state index in [9.17, 15) is 13.2 Å². The van der Waals surface area contributed by atoms with E-state index in [1.165, 1.54) is 7.11 Å². The van der Waals surface area contributed by atoms with Crippen molar-refractivity contribution in [3.8, 4) is 5.75 Å². The summed E-state index contributed by atoms with van der Waals surface area (Å²) in [6, 6.07) is 6.77. The van der Waals surface area contributed by atoms with E-state index in [1.54, 1.807) is 24.3 Å². The number of allylic oxidation sites excluding steroid dienone is 1. The first-order chi connectivity index (χ1) is 7.38. The standard InChI is InChI=1S/C10H7F3O.2Sn/c1-14-9-5-3-2-4-8(9)6-7-10(11,12)13;;/h2-5H,1H3;;/q;2*+1. The molecule has 0 spiro atoms. The van der Waals surface area contributed by atoms with Crippen LogP contribution in [0.4, 0.5) is 13.2 Å². The number of hydrogen-bond acceptors (Lipinski definition) is 1. The fraction of sp³-hybridized carbons (Fsp3) is 0.200. The zero-order chi connectivity index (χ0) is 12.3. The Morgan fingerprint density at radius 2 is 1.75 bits per heavy atom. The molecule has 1 aromatic carbocycles. The normalized spacial score (nSPS) is 13.2. The summed E-state index contributed by atoms with van der Waals surface area (Å²) in [6.07, 6.45) is -4.24. The predicted molar refractivity (Wildman–Crippen MR) is 57.5 cm³/mol. The van der Waals surface area contributed by atoms with Gasteiger partial charge in [0.15, 0.2) is 0 Å². The van der Waals surface area contributed by atoms with Crippen LogP contribution in [0.5, 0.6) is 5.75 Å². The van der Waals surface area contributed by atoms with Crippen molar-refractivity contribution in [1.82, 2.24) is 0 Å². The number of para-hydroxylation sites is 1. The Morgan fingerprint density at radius 3 is 2.25 bits per heavy atom. The van der Waals surface area contributed by atoms with E-state index in [0.717, 1.165) is 22.5 Å². The predicted octanol–water partition coefficient (Wildman–Crippen LogP) is 2.26. The minimum atomic E-state index is -4.24. The monoisotopic (exact) mass is 440 g/mol. The molecular formula is C10H7F3OSn2+2. The molecule has 1 aromatic rings. The Kier molecular flexibility index (Phi) is 5.03. The van der Waals surface area contributed by atoms with Crippen molar-refractivity contribution >= 4 is 48.6 Å². The summed E-state index contributed by atoms with van der Waals surface area (Å²) in [6.45, 7) is 0. The van der Waals surface area contributed by atoms with Gasteiger partial charge < -0.3 is 0 Å². The van der Waals surface area contributed by atoms with Crippen LogP contribution >= 0.6 is 0 Å². The van der Waals surface area contributed by atoms with Gasteiger partial charge >= 0.3 is 119 Å². The van der Waals surface area contributed by atoms with E-state index in [2.05, 4.69) is 0 Å². The number of benzene rings is 1. The Hall–Kier alpha value is 0.147. The zero-order valence-corrected chi connectivity index (χ0v) is 14.1. The van der Waals surface area contributed by atoms with Gasteiger partial charge in [0, 0.05) is 0 Å². The molecule has 6 heteroatoms. The molecule has 0 aliphatic rings. The van der Waals surface area contributed by atoms with Crippen molar-refractivity contribution in [2.45, 2.75) is 6.18 Å². The summed E-state index contributed by atoms with van der Waals surface area (Å²) in [5, 5.41) is 0. The fourth-order valence-corrected chi connectivity index (χ4v) is 2.51. The van der Waals surface area contributed by atoms with Crippen LogP contribution in [0.25, 0.3) is 3.59 Å². The van der Waals surface area contributed by atoms with Crippen molar-refractivity contribution in [2.24, 2.45) is 0 Å². The van der Waals surface area contributed by atoms with Crippen LogP contribution in [0.15, 0.2) is 27.9 Å². The van der Waals surface area contributed by atoms with Crippen molar-refractivity contribution in [2.75, 3.05) is 7.11 Å². The number of hydrogen-bond donors (Lipinski definition) is 0. The van der Waals surface area contributed by atoms with Crippen LogP contribution in [0.3, 0.4) is 0 Å². The average Bonchev–Trinajstić information content (AvgIpc) is 2.25. The summed E-state index contributed by atoms with van der Waals surface area (Å²) in [4.78, 5) is 0. The second kappa shape index (κ2) is 5.66. The van der Waals surface area contributed by atoms with Gasteiger partial charge in [-0.05, 0) is 0 Å². The van der Waals surface area contributed by atoms with E-state index < -0.39 is 9.77 Å². The maximum absolute atomic E-state index is 12.6. The molecule has 0 heterocycles. The molecule has 0 fully saturated rings. The molecule has 80 valence electrons. The third-order valence-electron chi connectivity index (χ3n) is 1.91. The average molecular weight is 438 g/mol. The number of rotatable bonds is 2. The number of methoxy groups -OCH3 is 1. The van der Waals surface area contributed by atoms with Gasteiger partial charge in [0.25, 0.3) is 0 Å². The topological polar surface area (TPSA) is 9.23 Å². The van der Waals surface area contributed by atoms with Gasteiger partial charge in [-0.15, -0.1) is 0 Å². The molecule has 0 N–H and O–H groups in total. The van der Waals surface area contributed by atoms with Crippen LogP contribution in [0.1, 0.15) is 5.56 Å². The van der Waals surface area contributed by atoms with E-state index >= 15 is 0 Å². The SMILES string of the molecule is COc1ccccc1/[C]([Sn+])=[C](/[Sn+])C(F)(F)F. The van der Waals surface area contributed by atoms with Gasteiger partial charge in [-0.1, -0.05) is 0 Å². The summed E-state index contributed by atoms with van der Waals surface area (Å²) in [5.74, 6) is 0.485. The Morgan fingerprint density at radius 1 is 1.19 bits per heavy atom. The summed E-state index contributed by atoms with van der Waals surface area (Å²) in [5.41, 5.74) is 0.535. The van der Waals surface area contributed by atoms with E-state index in [-0.39, 0.29) is 0 Å². The molecule has 0 atom stereocenters. The molecule has 0 aromatic heterocycles. The third-order valence-corrected chi connectivity index (χ3v) is 6.95. The molecule has 1 rings (SSSR count). The van der Waals surface area contributed by atoms with E-state index in [4.69, 9.17) is 4.74 Å². The molecular weight excluding hydrogens is 431 g/mol. The fourth-order valence-electron chi connectivity index (χ4n) is 1.13. The van der Waals surface area contributed by atoms with Crippen LogP contribution < -0.4 is 4.74 Å². The maximum atomic E-state index is 12.6. The second-order valence-corrected chi connectivity index (χ2v) is 5.80. The molecule has 0 unspecified atom stereocenters. The molecule has 4 radical (unpaired) electrons. The number of ether oxygens (including phenoxy) is 1. The summed E-state index contributed by atoms with van der Waals surface area (Å²) < 4.78 is 42.6. The number of alkyl halides is 3. The molecule has 0 saturated carbocycles. The van der Waals surface area contributed by atoms with Gasteiger partial charge in [-0.3, -0.25) is 0 Å². The van der Waals surface area contributed by atoms with Crippen LogP contribution in [-0.4, -0.2) is 58.3 Å². The molecule has 16 heavy (non-hydrogen) atoms. The second-order valence-electron chi connectivity index (χ2n) is 2.95. The molecule has 1 nitrogen and oxygen atoms in total. The molecule has 0 aliphatic carbocycles. The van der Waals surface area contributed by atoms with Gasteiger partial charge in [0.1, 0.15) is 0 Å². The van der Waals surface area contributed by atoms with Crippen molar-refractivity contribution < 1.29 is 17.9 Å². The molecule has 0 bridgehead atoms. The quantitative estimate of drug-likeness (QED) is 0.645. The Balaban J connectivity index is 3.29. The van der Waals surface area contributed by atoms with Gasteiger partial charge in [0.2, 0.25) is 0 Å². The van der Waals surface area contributed by atoms with Gasteiger partial charge in [0.05, 0.1) is 0 Å². The summed E-state index contributed by atoms with van der Waals surface area (Å²) >= 11 is 1.12. The van der Waals surface area contributed by atoms with E-state index in [1.807, 2.05) is 0 Å². The van der Waals surface area contributed by atoms with E-state index in [0.29, 0.717) is 37.4 Å². The first-order valence-corrected chi connectivity index (χ1v) is 7.11.